The van der Waals surface area contributed by atoms with Crippen molar-refractivity contribution in [3.8, 4) is 0 Å². The summed E-state index contributed by atoms with van der Waals surface area (Å²) in [5.41, 5.74) is 4.68. The molecule has 2 aromatic rings. The van der Waals surface area contributed by atoms with E-state index in [9.17, 15) is 14.4 Å². The average Bonchev–Trinajstić information content (AvgIpc) is 2.89. The summed E-state index contributed by atoms with van der Waals surface area (Å²) in [6.45, 7) is 23.5. The first-order valence-corrected chi connectivity index (χ1v) is 15.7. The van der Waals surface area contributed by atoms with Gasteiger partial charge < -0.3 is 20.3 Å². The Labute approximate surface area is 260 Å². The lowest BCUT2D eigenvalue weighted by Crippen LogP contribution is -2.57. The number of benzene rings is 2. The number of aryl methyl sites for hydroxylation is 4. The van der Waals surface area contributed by atoms with E-state index in [0.29, 0.717) is 18.8 Å². The minimum atomic E-state index is -0.915. The highest BCUT2D eigenvalue weighted by Gasteiger charge is 2.41. The van der Waals surface area contributed by atoms with Crippen LogP contribution in [0.2, 0.25) is 0 Å². The molecule has 2 aromatic carbocycles. The number of carbonyl (C=O) groups is 3. The van der Waals surface area contributed by atoms with E-state index in [0.717, 1.165) is 39.9 Å². The number of amides is 3. The van der Waals surface area contributed by atoms with Crippen LogP contribution in [0.4, 0.5) is 10.5 Å². The van der Waals surface area contributed by atoms with Gasteiger partial charge in [0.05, 0.1) is 0 Å². The predicted molar refractivity (Wildman–Crippen MR) is 176 cm³/mol. The van der Waals surface area contributed by atoms with Crippen LogP contribution in [0.25, 0.3) is 0 Å². The van der Waals surface area contributed by atoms with Crippen molar-refractivity contribution >= 4 is 23.6 Å². The van der Waals surface area contributed by atoms with Crippen LogP contribution in [-0.2, 0) is 14.3 Å². The largest absolute Gasteiger partial charge is 0.444 e. The van der Waals surface area contributed by atoms with E-state index in [2.05, 4.69) is 24.5 Å². The Kier molecular flexibility index (Phi) is 12.8. The van der Waals surface area contributed by atoms with Crippen LogP contribution in [0.15, 0.2) is 36.4 Å². The molecule has 0 bridgehead atoms. The van der Waals surface area contributed by atoms with Crippen molar-refractivity contribution in [3.05, 3.63) is 64.2 Å². The summed E-state index contributed by atoms with van der Waals surface area (Å²) in [5.74, 6) is -0.346. The molecule has 0 aliphatic heterocycles. The quantitative estimate of drug-likeness (QED) is 0.260. The molecule has 0 aliphatic carbocycles. The van der Waals surface area contributed by atoms with Crippen molar-refractivity contribution in [1.82, 2.24) is 10.2 Å². The van der Waals surface area contributed by atoms with Gasteiger partial charge in [-0.1, -0.05) is 76.1 Å². The topological polar surface area (TPSA) is 87.7 Å². The van der Waals surface area contributed by atoms with Crippen molar-refractivity contribution in [1.29, 1.82) is 0 Å². The van der Waals surface area contributed by atoms with E-state index in [1.165, 1.54) is 0 Å². The molecule has 0 spiro atoms. The predicted octanol–water partition coefficient (Wildman–Crippen LogP) is 8.19. The Morgan fingerprint density at radius 2 is 1.49 bits per heavy atom. The number of rotatable bonds is 12. The molecule has 4 unspecified atom stereocenters. The van der Waals surface area contributed by atoms with E-state index in [1.54, 1.807) is 25.7 Å². The Balaban J connectivity index is 2.74. The van der Waals surface area contributed by atoms with Crippen molar-refractivity contribution < 1.29 is 19.1 Å². The van der Waals surface area contributed by atoms with Crippen LogP contribution >= 0.6 is 0 Å². The summed E-state index contributed by atoms with van der Waals surface area (Å²) in [6, 6.07) is 9.80. The fraction of sp³-hybridized carbons (Fsp3) is 0.583. The van der Waals surface area contributed by atoms with Crippen LogP contribution in [0.5, 0.6) is 0 Å². The minimum absolute atomic E-state index is 0.193. The van der Waals surface area contributed by atoms with Gasteiger partial charge in [-0.25, -0.2) is 4.79 Å². The molecule has 7 nitrogen and oxygen atoms in total. The van der Waals surface area contributed by atoms with Crippen LogP contribution < -0.4 is 10.6 Å². The zero-order chi connectivity index (χ0) is 32.6. The highest BCUT2D eigenvalue weighted by molar-refractivity contribution is 6.00. The molecule has 43 heavy (non-hydrogen) atoms. The third-order valence-electron chi connectivity index (χ3n) is 8.02. The highest BCUT2D eigenvalue weighted by atomic mass is 16.6. The first-order chi connectivity index (χ1) is 20.0. The Hall–Kier alpha value is -3.35. The Bertz CT molecular complexity index is 1240. The number of hydrogen-bond donors (Lipinski definition) is 2. The van der Waals surface area contributed by atoms with E-state index in [-0.39, 0.29) is 23.8 Å². The molecule has 238 valence electrons. The average molecular weight is 594 g/mol. The minimum Gasteiger partial charge on any atom is -0.444 e. The normalized spacial score (nSPS) is 14.4. The van der Waals surface area contributed by atoms with E-state index >= 15 is 0 Å². The lowest BCUT2D eigenvalue weighted by molar-refractivity contribution is -0.144. The number of para-hydroxylation sites is 1. The number of nitrogens with one attached hydrogen (secondary N) is 2. The number of anilines is 1. The third kappa shape index (κ3) is 10.1. The lowest BCUT2D eigenvalue weighted by atomic mass is 9.91. The second-order valence-electron chi connectivity index (χ2n) is 13.6. The molecule has 0 aliphatic rings. The first kappa shape index (κ1) is 35.8. The third-order valence-corrected chi connectivity index (χ3v) is 8.02. The van der Waals surface area contributed by atoms with Gasteiger partial charge in [0, 0.05) is 11.7 Å². The lowest BCUT2D eigenvalue weighted by Gasteiger charge is -2.40. The van der Waals surface area contributed by atoms with Gasteiger partial charge in [0.1, 0.15) is 17.7 Å². The maximum atomic E-state index is 14.8. The molecule has 0 heterocycles. The number of nitrogens with zero attached hydrogens (tertiary/aromatic N) is 1. The fourth-order valence-electron chi connectivity index (χ4n) is 5.34. The number of hydrogen-bond acceptors (Lipinski definition) is 4. The molecule has 0 aromatic heterocycles. The Morgan fingerprint density at radius 1 is 0.884 bits per heavy atom. The van der Waals surface area contributed by atoms with Gasteiger partial charge in [-0.05, 0) is 102 Å². The molecule has 7 heteroatoms. The van der Waals surface area contributed by atoms with E-state index in [4.69, 9.17) is 4.74 Å². The van der Waals surface area contributed by atoms with Crippen LogP contribution in [-0.4, -0.2) is 40.5 Å². The molecule has 0 fully saturated rings. The maximum Gasteiger partial charge on any atom is 0.408 e. The smallest absolute Gasteiger partial charge is 0.408 e. The van der Waals surface area contributed by atoms with Crippen molar-refractivity contribution in [2.75, 3.05) is 5.32 Å². The summed E-state index contributed by atoms with van der Waals surface area (Å²) in [7, 11) is 0. The standard InChI is InChI=1S/C36H55N3O4/c1-13-24(5)31(38-35(42)43-36(10,11)12)34(41)39(28(9)19-17-22(2)3)32(29-20-18-23(4)21-27(29)8)33(40)37-30-25(6)15-14-16-26(30)7/h14-16,18,20-22,24,28,31-32H,13,17,19H2,1-12H3,(H,37,40)(H,38,42). The highest BCUT2D eigenvalue weighted by Crippen LogP contribution is 2.33. The van der Waals surface area contributed by atoms with Crippen LogP contribution in [0.1, 0.15) is 109 Å². The molecular weight excluding hydrogens is 538 g/mol. The Morgan fingerprint density at radius 3 is 2.00 bits per heavy atom. The van der Waals surface area contributed by atoms with Gasteiger partial charge in [-0.3, -0.25) is 9.59 Å². The molecule has 0 saturated carbocycles. The molecule has 3 amide bonds. The molecular formula is C36H55N3O4. The molecule has 4 atom stereocenters. The van der Waals surface area contributed by atoms with Crippen molar-refractivity contribution in [2.24, 2.45) is 11.8 Å². The molecule has 0 saturated heterocycles. The first-order valence-electron chi connectivity index (χ1n) is 15.7. The fourth-order valence-corrected chi connectivity index (χ4v) is 5.34. The number of alkyl carbamates (subject to hydrolysis) is 1. The molecule has 0 radical (unpaired) electrons. The van der Waals surface area contributed by atoms with Crippen molar-refractivity contribution in [3.63, 3.8) is 0 Å². The summed E-state index contributed by atoms with van der Waals surface area (Å²) in [4.78, 5) is 44.0. The zero-order valence-corrected chi connectivity index (χ0v) is 28.6. The number of carbonyl (C=O) groups excluding carboxylic acids is 3. The maximum absolute atomic E-state index is 14.8. The zero-order valence-electron chi connectivity index (χ0n) is 28.6. The van der Waals surface area contributed by atoms with Gasteiger partial charge >= 0.3 is 6.09 Å². The van der Waals surface area contributed by atoms with Gasteiger partial charge in [0.15, 0.2) is 0 Å². The van der Waals surface area contributed by atoms with Crippen LogP contribution in [0.3, 0.4) is 0 Å². The summed E-state index contributed by atoms with van der Waals surface area (Å²) >= 11 is 0. The second-order valence-corrected chi connectivity index (χ2v) is 13.6. The number of ether oxygens (including phenoxy) is 1. The molecule has 2 rings (SSSR count). The second kappa shape index (κ2) is 15.4. The van der Waals surface area contributed by atoms with Crippen LogP contribution in [0, 0.1) is 39.5 Å². The molecule has 2 N–H and O–H groups in total. The van der Waals surface area contributed by atoms with E-state index in [1.807, 2.05) is 84.9 Å². The van der Waals surface area contributed by atoms with Gasteiger partial charge in [-0.2, -0.15) is 0 Å². The van der Waals surface area contributed by atoms with Gasteiger partial charge in [0.25, 0.3) is 5.91 Å². The summed E-state index contributed by atoms with van der Waals surface area (Å²) in [5, 5.41) is 6.06. The van der Waals surface area contributed by atoms with Crippen molar-refractivity contribution in [2.45, 2.75) is 126 Å². The van der Waals surface area contributed by atoms with Gasteiger partial charge in [0.2, 0.25) is 5.91 Å². The summed E-state index contributed by atoms with van der Waals surface area (Å²) < 4.78 is 5.56. The SMILES string of the molecule is CCC(C)C(NC(=O)OC(C)(C)C)C(=O)N(C(C)CCC(C)C)C(C(=O)Nc1c(C)cccc1C)c1ccc(C)cc1C. The van der Waals surface area contributed by atoms with E-state index < -0.39 is 23.8 Å². The summed E-state index contributed by atoms with van der Waals surface area (Å²) in [6.07, 6.45) is 1.60. The van der Waals surface area contributed by atoms with Gasteiger partial charge in [-0.15, -0.1) is 0 Å². The monoisotopic (exact) mass is 593 g/mol.